The van der Waals surface area contributed by atoms with E-state index in [0.717, 1.165) is 52.7 Å². The highest BCUT2D eigenvalue weighted by molar-refractivity contribution is 5.93. The van der Waals surface area contributed by atoms with E-state index in [0.29, 0.717) is 11.3 Å². The first-order valence-corrected chi connectivity index (χ1v) is 17.2. The van der Waals surface area contributed by atoms with Crippen molar-refractivity contribution in [2.45, 2.75) is 104 Å². The first-order valence-electron chi connectivity index (χ1n) is 17.2. The Hall–Kier alpha value is -4.12. The Morgan fingerprint density at radius 3 is 1.85 bits per heavy atom. The molecule has 0 saturated heterocycles. The first kappa shape index (κ1) is 34.7. The number of fused-ring (bicyclic) bond motifs is 1. The van der Waals surface area contributed by atoms with E-state index in [9.17, 15) is 9.59 Å². The number of esters is 2. The van der Waals surface area contributed by atoms with E-state index in [4.69, 9.17) is 14.2 Å². The van der Waals surface area contributed by atoms with Crippen molar-refractivity contribution >= 4 is 22.7 Å². The molecule has 4 rings (SSSR count). The second-order valence-electron chi connectivity index (χ2n) is 12.3. The molecule has 0 aliphatic rings. The van der Waals surface area contributed by atoms with Gasteiger partial charge in [-0.05, 0) is 90.6 Å². The van der Waals surface area contributed by atoms with Gasteiger partial charge in [0.1, 0.15) is 11.5 Å². The van der Waals surface area contributed by atoms with Crippen LogP contribution in [0.15, 0.2) is 84.9 Å². The lowest BCUT2D eigenvalue weighted by atomic mass is 9.97. The maximum Gasteiger partial charge on any atom is 0.343 e. The number of carbonyl (C=O) groups is 2. The molecule has 4 aromatic carbocycles. The van der Waals surface area contributed by atoms with Gasteiger partial charge in [-0.25, -0.2) is 4.79 Å². The lowest BCUT2D eigenvalue weighted by Gasteiger charge is -2.16. The molecule has 0 aliphatic heterocycles. The van der Waals surface area contributed by atoms with Crippen LogP contribution in [0.1, 0.15) is 114 Å². The van der Waals surface area contributed by atoms with Crippen LogP contribution in [-0.4, -0.2) is 24.6 Å². The molecular weight excluding hydrogens is 572 g/mol. The minimum absolute atomic E-state index is 0.102. The largest absolute Gasteiger partial charge is 0.494 e. The second-order valence-corrected chi connectivity index (χ2v) is 12.3. The van der Waals surface area contributed by atoms with Crippen LogP contribution in [0.4, 0.5) is 0 Å². The molecule has 4 aromatic rings. The summed E-state index contributed by atoms with van der Waals surface area (Å²) in [6.07, 6.45) is 12.4. The normalized spacial score (nSPS) is 12.4. The number of unbranched alkanes of at least 4 members (excludes halogenated alkanes) is 8. The Morgan fingerprint density at radius 1 is 0.630 bits per heavy atom. The zero-order chi connectivity index (χ0) is 32.7. The van der Waals surface area contributed by atoms with Crippen molar-refractivity contribution in [3.05, 3.63) is 96.1 Å². The average Bonchev–Trinajstić information content (AvgIpc) is 3.08. The number of rotatable bonds is 18. The third-order valence-electron chi connectivity index (χ3n) is 8.62. The van der Waals surface area contributed by atoms with Crippen LogP contribution in [0.2, 0.25) is 0 Å². The highest BCUT2D eigenvalue weighted by Gasteiger charge is 2.19. The van der Waals surface area contributed by atoms with Gasteiger partial charge in [-0.2, -0.15) is 0 Å². The summed E-state index contributed by atoms with van der Waals surface area (Å²) in [5.41, 5.74) is 3.45. The molecule has 0 N–H and O–H groups in total. The Labute approximate surface area is 275 Å². The number of ether oxygens (including phenoxy) is 3. The van der Waals surface area contributed by atoms with Crippen molar-refractivity contribution in [3.8, 4) is 22.6 Å². The summed E-state index contributed by atoms with van der Waals surface area (Å²) in [7, 11) is 0. The van der Waals surface area contributed by atoms with Gasteiger partial charge in [-0.3, -0.25) is 4.79 Å². The van der Waals surface area contributed by atoms with Crippen LogP contribution in [-0.2, 0) is 9.53 Å². The number of hydrogen-bond acceptors (Lipinski definition) is 5. The smallest absolute Gasteiger partial charge is 0.343 e. The van der Waals surface area contributed by atoms with E-state index in [1.54, 1.807) is 18.2 Å². The van der Waals surface area contributed by atoms with E-state index in [1.165, 1.54) is 51.4 Å². The zero-order valence-corrected chi connectivity index (χ0v) is 28.1. The fourth-order valence-corrected chi connectivity index (χ4v) is 5.41. The molecule has 0 bridgehead atoms. The number of hydrogen-bond donors (Lipinski definition) is 0. The third-order valence-corrected chi connectivity index (χ3v) is 8.62. The number of benzene rings is 4. The van der Waals surface area contributed by atoms with E-state index >= 15 is 0 Å². The van der Waals surface area contributed by atoms with E-state index in [1.807, 2.05) is 75.4 Å². The van der Waals surface area contributed by atoms with Crippen molar-refractivity contribution in [1.29, 1.82) is 0 Å². The monoisotopic (exact) mass is 622 g/mol. The second kappa shape index (κ2) is 18.1. The molecule has 0 fully saturated rings. The van der Waals surface area contributed by atoms with Gasteiger partial charge in [0.2, 0.25) is 0 Å². The summed E-state index contributed by atoms with van der Waals surface area (Å²) in [5, 5.41) is 1.89. The van der Waals surface area contributed by atoms with Crippen LogP contribution < -0.4 is 9.47 Å². The van der Waals surface area contributed by atoms with Gasteiger partial charge in [0.15, 0.2) is 0 Å². The van der Waals surface area contributed by atoms with Gasteiger partial charge in [-0.1, -0.05) is 114 Å². The molecule has 0 aromatic heterocycles. The summed E-state index contributed by atoms with van der Waals surface area (Å²) in [5.74, 6) is 0.352. The zero-order valence-electron chi connectivity index (χ0n) is 28.1. The molecule has 5 nitrogen and oxygen atoms in total. The van der Waals surface area contributed by atoms with Crippen molar-refractivity contribution in [2.24, 2.45) is 0 Å². The highest BCUT2D eigenvalue weighted by Crippen LogP contribution is 2.28. The standard InChI is InChI=1S/C41H50O5/c1-5-7-8-9-10-11-12-13-14-27-44-38-24-21-33(22-25-38)32-15-17-34(18-16-32)41(43)46-39-26-23-36-28-35(19-20-37(36)29-39)31(4)40(42)45-30(3)6-2/h15-26,28-31H,5-14,27H2,1-4H3/t30-,31-/m0/s1. The Balaban J connectivity index is 1.24. The molecule has 0 unspecified atom stereocenters. The van der Waals surface area contributed by atoms with Gasteiger partial charge < -0.3 is 14.2 Å². The Bertz CT molecular complexity index is 1520. The van der Waals surface area contributed by atoms with Gasteiger partial charge in [0, 0.05) is 0 Å². The van der Waals surface area contributed by atoms with Gasteiger partial charge >= 0.3 is 11.9 Å². The van der Waals surface area contributed by atoms with Crippen LogP contribution in [0.5, 0.6) is 11.5 Å². The predicted molar refractivity (Wildman–Crippen MR) is 188 cm³/mol. The fourth-order valence-electron chi connectivity index (χ4n) is 5.41. The lowest BCUT2D eigenvalue weighted by Crippen LogP contribution is -2.19. The van der Waals surface area contributed by atoms with E-state index < -0.39 is 5.97 Å². The fraction of sp³-hybridized carbons (Fsp3) is 0.415. The van der Waals surface area contributed by atoms with Gasteiger partial charge in [-0.15, -0.1) is 0 Å². The first-order chi connectivity index (χ1) is 22.4. The summed E-state index contributed by atoms with van der Waals surface area (Å²) >= 11 is 0. The van der Waals surface area contributed by atoms with E-state index in [-0.39, 0.29) is 18.0 Å². The molecular formula is C41H50O5. The molecule has 46 heavy (non-hydrogen) atoms. The van der Waals surface area contributed by atoms with Crippen molar-refractivity contribution < 1.29 is 23.8 Å². The summed E-state index contributed by atoms with van der Waals surface area (Å²) in [4.78, 5) is 25.4. The van der Waals surface area contributed by atoms with Gasteiger partial charge in [0.25, 0.3) is 0 Å². The minimum Gasteiger partial charge on any atom is -0.494 e. The molecule has 5 heteroatoms. The van der Waals surface area contributed by atoms with Crippen LogP contribution >= 0.6 is 0 Å². The Kier molecular flexibility index (Phi) is 13.7. The quantitative estimate of drug-likeness (QED) is 0.0627. The van der Waals surface area contributed by atoms with Crippen molar-refractivity contribution in [2.75, 3.05) is 6.61 Å². The van der Waals surface area contributed by atoms with E-state index in [2.05, 4.69) is 19.1 Å². The number of carbonyl (C=O) groups excluding carboxylic acids is 2. The maximum atomic E-state index is 12.9. The SMILES string of the molecule is CCCCCCCCCCCOc1ccc(-c2ccc(C(=O)Oc3ccc4cc([C@H](C)C(=O)O[C@@H](C)CC)ccc4c3)cc2)cc1. The molecule has 2 atom stereocenters. The molecule has 0 amide bonds. The average molecular weight is 623 g/mol. The lowest BCUT2D eigenvalue weighted by molar-refractivity contribution is -0.149. The van der Waals surface area contributed by atoms with Gasteiger partial charge in [0.05, 0.1) is 24.2 Å². The summed E-state index contributed by atoms with van der Waals surface area (Å²) < 4.78 is 17.2. The minimum atomic E-state index is -0.413. The summed E-state index contributed by atoms with van der Waals surface area (Å²) in [6, 6.07) is 26.9. The maximum absolute atomic E-state index is 12.9. The predicted octanol–water partition coefficient (Wildman–Crippen LogP) is 11.1. The molecule has 0 saturated carbocycles. The molecule has 244 valence electrons. The Morgan fingerprint density at radius 2 is 1.20 bits per heavy atom. The van der Waals surface area contributed by atoms with Crippen LogP contribution in [0.3, 0.4) is 0 Å². The van der Waals surface area contributed by atoms with Crippen molar-refractivity contribution in [3.63, 3.8) is 0 Å². The molecule has 0 aliphatic carbocycles. The molecule has 0 heterocycles. The third kappa shape index (κ3) is 10.5. The molecule has 0 radical (unpaired) electrons. The topological polar surface area (TPSA) is 61.8 Å². The van der Waals surface area contributed by atoms with Crippen molar-refractivity contribution in [1.82, 2.24) is 0 Å². The van der Waals surface area contributed by atoms with Crippen LogP contribution in [0.25, 0.3) is 21.9 Å². The molecule has 0 spiro atoms. The van der Waals surface area contributed by atoms with Crippen LogP contribution in [0, 0.1) is 0 Å². The highest BCUT2D eigenvalue weighted by atomic mass is 16.5. The summed E-state index contributed by atoms with van der Waals surface area (Å²) in [6.45, 7) is 8.76.